The van der Waals surface area contributed by atoms with Crippen LogP contribution in [0.1, 0.15) is 26.2 Å². The largest absolute Gasteiger partial charge is 0.573 e. The number of hydrogen-bond donors (Lipinski definition) is 1. The van der Waals surface area contributed by atoms with Crippen molar-refractivity contribution in [1.29, 1.82) is 0 Å². The van der Waals surface area contributed by atoms with E-state index in [4.69, 9.17) is 0 Å². The van der Waals surface area contributed by atoms with Crippen LogP contribution in [0.3, 0.4) is 0 Å². The van der Waals surface area contributed by atoms with Crippen molar-refractivity contribution in [3.63, 3.8) is 0 Å². The molecule has 0 bridgehead atoms. The fourth-order valence-corrected chi connectivity index (χ4v) is 4.71. The lowest BCUT2D eigenvalue weighted by molar-refractivity contribution is -0.275. The van der Waals surface area contributed by atoms with Crippen LogP contribution in [0.15, 0.2) is 29.2 Å². The number of piperidine rings is 1. The Hall–Kier alpha value is -1.03. The van der Waals surface area contributed by atoms with Crippen LogP contribution in [0.25, 0.3) is 0 Å². The van der Waals surface area contributed by atoms with E-state index in [9.17, 15) is 21.6 Å². The number of ether oxygens (including phenoxy) is 1. The Balaban J connectivity index is 0.00000312. The van der Waals surface area contributed by atoms with Crippen LogP contribution in [-0.4, -0.2) is 44.8 Å². The molecule has 0 aliphatic carbocycles. The van der Waals surface area contributed by atoms with E-state index in [0.29, 0.717) is 32.4 Å². The maximum atomic E-state index is 13.0. The third-order valence-corrected chi connectivity index (χ3v) is 5.81. The Morgan fingerprint density at radius 3 is 2.40 bits per heavy atom. The molecule has 1 fully saturated rings. The fraction of sp³-hybridized carbons (Fsp3) is 0.600. The second-order valence-electron chi connectivity index (χ2n) is 5.59. The van der Waals surface area contributed by atoms with Gasteiger partial charge in [0.15, 0.2) is 0 Å². The van der Waals surface area contributed by atoms with Crippen molar-refractivity contribution in [2.75, 3.05) is 19.6 Å². The molecule has 0 spiro atoms. The predicted molar refractivity (Wildman–Crippen MR) is 90.4 cm³/mol. The lowest BCUT2D eigenvalue weighted by atomic mass is 10.1. The molecule has 1 aliphatic rings. The SMILES string of the molecule is CCCN(C1CCNCC1)S(=O)(=O)c1ccccc1OC(F)(F)F.Cl. The average molecular weight is 403 g/mol. The number of alkyl halides is 3. The number of hydrogen-bond acceptors (Lipinski definition) is 4. The van der Waals surface area contributed by atoms with Crippen molar-refractivity contribution in [3.8, 4) is 5.75 Å². The van der Waals surface area contributed by atoms with Crippen LogP contribution in [0.5, 0.6) is 5.75 Å². The van der Waals surface area contributed by atoms with Gasteiger partial charge in [-0.15, -0.1) is 25.6 Å². The first-order chi connectivity index (χ1) is 11.3. The topological polar surface area (TPSA) is 58.6 Å². The Morgan fingerprint density at radius 2 is 1.84 bits per heavy atom. The molecule has 1 aromatic carbocycles. The average Bonchev–Trinajstić information content (AvgIpc) is 2.52. The van der Waals surface area contributed by atoms with Gasteiger partial charge in [-0.05, 0) is 44.5 Å². The fourth-order valence-electron chi connectivity index (χ4n) is 2.81. The first-order valence-electron chi connectivity index (χ1n) is 7.83. The van der Waals surface area contributed by atoms with Crippen molar-refractivity contribution in [2.45, 2.75) is 43.5 Å². The van der Waals surface area contributed by atoms with E-state index in [0.717, 1.165) is 12.1 Å². The molecule has 0 saturated carbocycles. The first kappa shape index (κ1) is 22.0. The van der Waals surface area contributed by atoms with Crippen LogP contribution in [-0.2, 0) is 10.0 Å². The lowest BCUT2D eigenvalue weighted by Crippen LogP contribution is -2.46. The molecule has 0 atom stereocenters. The summed E-state index contributed by atoms with van der Waals surface area (Å²) >= 11 is 0. The third-order valence-electron chi connectivity index (χ3n) is 3.82. The maximum absolute atomic E-state index is 13.0. The summed E-state index contributed by atoms with van der Waals surface area (Å²) in [5.74, 6) is -0.694. The van der Waals surface area contributed by atoms with Crippen LogP contribution >= 0.6 is 12.4 Å². The van der Waals surface area contributed by atoms with Gasteiger partial charge >= 0.3 is 6.36 Å². The molecule has 1 saturated heterocycles. The highest BCUT2D eigenvalue weighted by atomic mass is 35.5. The van der Waals surface area contributed by atoms with E-state index in [-0.39, 0.29) is 25.0 Å². The van der Waals surface area contributed by atoms with Gasteiger partial charge in [0.05, 0.1) is 0 Å². The van der Waals surface area contributed by atoms with Gasteiger partial charge in [-0.1, -0.05) is 19.1 Å². The number of nitrogens with zero attached hydrogens (tertiary/aromatic N) is 1. The van der Waals surface area contributed by atoms with E-state index in [1.165, 1.54) is 16.4 Å². The number of rotatable bonds is 6. The highest BCUT2D eigenvalue weighted by Gasteiger charge is 2.37. The molecule has 1 aromatic rings. The molecule has 10 heteroatoms. The van der Waals surface area contributed by atoms with Crippen LogP contribution in [0.4, 0.5) is 13.2 Å². The van der Waals surface area contributed by atoms with Gasteiger partial charge in [-0.25, -0.2) is 8.42 Å². The van der Waals surface area contributed by atoms with Gasteiger partial charge in [-0.2, -0.15) is 4.31 Å². The Kier molecular flexibility index (Phi) is 7.98. The number of sulfonamides is 1. The van der Waals surface area contributed by atoms with Gasteiger partial charge < -0.3 is 10.1 Å². The first-order valence-corrected chi connectivity index (χ1v) is 9.27. The summed E-state index contributed by atoms with van der Waals surface area (Å²) in [5.41, 5.74) is 0. The number of halogens is 4. The van der Waals surface area contributed by atoms with E-state index in [1.807, 2.05) is 6.92 Å². The van der Waals surface area contributed by atoms with E-state index in [2.05, 4.69) is 10.1 Å². The van der Waals surface area contributed by atoms with Crippen molar-refractivity contribution >= 4 is 22.4 Å². The standard InChI is InChI=1S/C15H21F3N2O3S.ClH/c1-2-11-20(12-7-9-19-10-8-12)24(21,22)14-6-4-3-5-13(14)23-15(16,17)18;/h3-6,12,19H,2,7-11H2,1H3;1H. The molecule has 1 N–H and O–H groups in total. The lowest BCUT2D eigenvalue weighted by Gasteiger charge is -2.33. The van der Waals surface area contributed by atoms with E-state index < -0.39 is 27.0 Å². The van der Waals surface area contributed by atoms with Crippen LogP contribution < -0.4 is 10.1 Å². The van der Waals surface area contributed by atoms with Crippen molar-refractivity contribution < 1.29 is 26.3 Å². The van der Waals surface area contributed by atoms with Gasteiger partial charge in [-0.3, -0.25) is 0 Å². The molecule has 2 rings (SSSR count). The monoisotopic (exact) mass is 402 g/mol. The summed E-state index contributed by atoms with van der Waals surface area (Å²) in [6.45, 7) is 3.46. The van der Waals surface area contributed by atoms with E-state index >= 15 is 0 Å². The Bertz CT molecular complexity index is 650. The zero-order chi connectivity index (χ0) is 17.8. The zero-order valence-electron chi connectivity index (χ0n) is 13.8. The van der Waals surface area contributed by atoms with Gasteiger partial charge in [0.1, 0.15) is 10.6 Å². The van der Waals surface area contributed by atoms with Gasteiger partial charge in [0.2, 0.25) is 10.0 Å². The van der Waals surface area contributed by atoms with Crippen molar-refractivity contribution in [2.24, 2.45) is 0 Å². The minimum Gasteiger partial charge on any atom is -0.404 e. The van der Waals surface area contributed by atoms with E-state index in [1.54, 1.807) is 0 Å². The minimum atomic E-state index is -4.95. The van der Waals surface area contributed by atoms with Crippen LogP contribution in [0.2, 0.25) is 0 Å². The molecule has 0 unspecified atom stereocenters. The molecule has 5 nitrogen and oxygen atoms in total. The summed E-state index contributed by atoms with van der Waals surface area (Å²) in [7, 11) is -4.09. The van der Waals surface area contributed by atoms with Gasteiger partial charge in [0, 0.05) is 12.6 Å². The molecule has 0 radical (unpaired) electrons. The zero-order valence-corrected chi connectivity index (χ0v) is 15.4. The highest BCUT2D eigenvalue weighted by molar-refractivity contribution is 7.89. The number of benzene rings is 1. The summed E-state index contributed by atoms with van der Waals surface area (Å²) in [5, 5.41) is 3.15. The molecular weight excluding hydrogens is 381 g/mol. The van der Waals surface area contributed by atoms with Gasteiger partial charge in [0.25, 0.3) is 0 Å². The summed E-state index contributed by atoms with van der Waals surface area (Å²) in [4.78, 5) is -0.450. The third kappa shape index (κ3) is 5.73. The van der Waals surface area contributed by atoms with Crippen molar-refractivity contribution in [1.82, 2.24) is 9.62 Å². The predicted octanol–water partition coefficient (Wildman–Crippen LogP) is 3.16. The van der Waals surface area contributed by atoms with Crippen LogP contribution in [0, 0.1) is 0 Å². The summed E-state index contributed by atoms with van der Waals surface area (Å²) in [6.07, 6.45) is -3.12. The second-order valence-corrected chi connectivity index (χ2v) is 7.45. The molecule has 25 heavy (non-hydrogen) atoms. The van der Waals surface area contributed by atoms with Crippen molar-refractivity contribution in [3.05, 3.63) is 24.3 Å². The molecule has 1 heterocycles. The molecule has 0 aromatic heterocycles. The Morgan fingerprint density at radius 1 is 1.24 bits per heavy atom. The summed E-state index contributed by atoms with van der Waals surface area (Å²) in [6, 6.07) is 4.65. The normalized spacial score (nSPS) is 16.5. The number of nitrogens with one attached hydrogen (secondary N) is 1. The molecule has 1 aliphatic heterocycles. The molecular formula is C15H22ClF3N2O3S. The molecule has 0 amide bonds. The Labute approximate surface area is 152 Å². The minimum absolute atomic E-state index is 0. The quantitative estimate of drug-likeness (QED) is 0.794. The smallest absolute Gasteiger partial charge is 0.404 e. The number of para-hydroxylation sites is 1. The highest BCUT2D eigenvalue weighted by Crippen LogP contribution is 2.33. The maximum Gasteiger partial charge on any atom is 0.573 e. The molecule has 144 valence electrons. The summed E-state index contributed by atoms with van der Waals surface area (Å²) < 4.78 is 68.9. The second kappa shape index (κ2) is 9.07.